The molecule has 3 aliphatic rings. The number of aliphatic hydroxyl groups is 1. The number of likely N-dealkylation sites (tertiary alicyclic amines) is 1. The molecule has 1 aliphatic carbocycles. The number of carbonyl (C=O) groups excluding carboxylic acids is 1. The molecule has 3 fully saturated rings. The smallest absolute Gasteiger partial charge is 0.227 e. The summed E-state index contributed by atoms with van der Waals surface area (Å²) in [6.07, 6.45) is 4.39. The molecule has 2 aromatic carbocycles. The first-order chi connectivity index (χ1) is 17.5. The van der Waals surface area contributed by atoms with Gasteiger partial charge in [0.2, 0.25) is 5.91 Å². The van der Waals surface area contributed by atoms with E-state index >= 15 is 0 Å². The minimum Gasteiger partial charge on any atom is -0.391 e. The average Bonchev–Trinajstić information content (AvgIpc) is 3.22. The number of methoxy groups -OCH3 is 1. The monoisotopic (exact) mass is 496 g/mol. The number of aliphatic hydroxyl groups excluding tert-OH is 1. The molecule has 0 aromatic heterocycles. The largest absolute Gasteiger partial charge is 0.391 e. The standard InChI is InChI=1S/C29H37FN2O4/c1-35-16-7-6-14-29(22-11-4-2-9-20(22)21-10-3-5-13-24(21)30)23-12-8-15-32(28(23)36-29)27(34)19-17-25(31)26(33)18-19/h2-5,9-11,13,19,23,25-26,28,33H,6-8,12,14-18,31H2,1H3/t19-,23+,25+,26-,28+,29+/m0/s1. The second kappa shape index (κ2) is 10.6. The summed E-state index contributed by atoms with van der Waals surface area (Å²) >= 11 is 0. The Bertz CT molecular complexity index is 1070. The summed E-state index contributed by atoms with van der Waals surface area (Å²) in [5.41, 5.74) is 7.80. The number of unbranched alkanes of at least 4 members (excludes halogenated alkanes) is 1. The Labute approximate surface area is 212 Å². The second-order valence-electron chi connectivity index (χ2n) is 10.6. The molecule has 194 valence electrons. The zero-order valence-electron chi connectivity index (χ0n) is 20.9. The fraction of sp³-hybridized carbons (Fsp3) is 0.552. The molecule has 1 saturated carbocycles. The Morgan fingerprint density at radius 2 is 1.92 bits per heavy atom. The Hall–Kier alpha value is -2.32. The van der Waals surface area contributed by atoms with Crippen LogP contribution in [0.25, 0.3) is 11.1 Å². The molecular weight excluding hydrogens is 459 g/mol. The highest BCUT2D eigenvalue weighted by atomic mass is 19.1. The summed E-state index contributed by atoms with van der Waals surface area (Å²) in [6, 6.07) is 14.5. The van der Waals surface area contributed by atoms with Crippen LogP contribution in [0, 0.1) is 17.7 Å². The molecular formula is C29H37FN2O4. The molecule has 36 heavy (non-hydrogen) atoms. The van der Waals surface area contributed by atoms with E-state index in [1.165, 1.54) is 6.07 Å². The fourth-order valence-electron chi connectivity index (χ4n) is 6.57. The maximum atomic E-state index is 14.9. The highest BCUT2D eigenvalue weighted by Gasteiger charge is 2.60. The number of fused-ring (bicyclic) bond motifs is 1. The molecule has 7 heteroatoms. The summed E-state index contributed by atoms with van der Waals surface area (Å²) in [7, 11) is 1.70. The number of hydrogen-bond acceptors (Lipinski definition) is 5. The van der Waals surface area contributed by atoms with Crippen molar-refractivity contribution in [1.29, 1.82) is 0 Å². The van der Waals surface area contributed by atoms with E-state index in [2.05, 4.69) is 6.07 Å². The van der Waals surface area contributed by atoms with Crippen molar-refractivity contribution < 1.29 is 23.8 Å². The number of benzene rings is 2. The SMILES string of the molecule is COCCCC[C@]1(c2ccccc2-c2ccccc2F)O[C@@H]2[C@H]1CCCN2C(=O)[C@H]1C[C@@H](N)[C@@H](O)C1. The van der Waals surface area contributed by atoms with Crippen LogP contribution in [-0.4, -0.2) is 54.5 Å². The number of carbonyl (C=O) groups is 1. The van der Waals surface area contributed by atoms with Crippen LogP contribution in [0.15, 0.2) is 48.5 Å². The lowest BCUT2D eigenvalue weighted by molar-refractivity contribution is -0.328. The summed E-state index contributed by atoms with van der Waals surface area (Å²) in [4.78, 5) is 15.4. The van der Waals surface area contributed by atoms with Gasteiger partial charge in [-0.15, -0.1) is 0 Å². The number of piperidine rings is 1. The van der Waals surface area contributed by atoms with E-state index in [0.717, 1.165) is 43.2 Å². The van der Waals surface area contributed by atoms with Crippen molar-refractivity contribution >= 4 is 5.91 Å². The lowest BCUT2D eigenvalue weighted by Gasteiger charge is -2.61. The molecule has 6 atom stereocenters. The Morgan fingerprint density at radius 3 is 2.64 bits per heavy atom. The highest BCUT2D eigenvalue weighted by Crippen LogP contribution is 2.57. The first kappa shape index (κ1) is 25.3. The average molecular weight is 497 g/mol. The predicted molar refractivity (Wildman–Crippen MR) is 135 cm³/mol. The number of ether oxygens (including phenoxy) is 2. The van der Waals surface area contributed by atoms with Gasteiger partial charge in [0.15, 0.2) is 0 Å². The third-order valence-corrected chi connectivity index (χ3v) is 8.40. The van der Waals surface area contributed by atoms with Crippen molar-refractivity contribution in [2.45, 2.75) is 68.9 Å². The van der Waals surface area contributed by atoms with Crippen molar-refractivity contribution in [3.8, 4) is 11.1 Å². The van der Waals surface area contributed by atoms with Crippen molar-refractivity contribution in [3.63, 3.8) is 0 Å². The van der Waals surface area contributed by atoms with E-state index < -0.39 is 11.7 Å². The lowest BCUT2D eigenvalue weighted by Crippen LogP contribution is -2.67. The first-order valence-electron chi connectivity index (χ1n) is 13.2. The normalized spacial score (nSPS) is 31.7. The number of rotatable bonds is 8. The maximum Gasteiger partial charge on any atom is 0.227 e. The van der Waals surface area contributed by atoms with Gasteiger partial charge in [-0.25, -0.2) is 4.39 Å². The molecule has 0 spiro atoms. The Balaban J connectivity index is 1.46. The topological polar surface area (TPSA) is 85.0 Å². The molecule has 6 nitrogen and oxygen atoms in total. The van der Waals surface area contributed by atoms with Gasteiger partial charge < -0.3 is 25.2 Å². The van der Waals surface area contributed by atoms with Gasteiger partial charge in [-0.1, -0.05) is 42.5 Å². The second-order valence-corrected chi connectivity index (χ2v) is 10.6. The van der Waals surface area contributed by atoms with Gasteiger partial charge in [0.25, 0.3) is 0 Å². The van der Waals surface area contributed by atoms with Crippen LogP contribution in [0.5, 0.6) is 0 Å². The Morgan fingerprint density at radius 1 is 1.17 bits per heavy atom. The zero-order valence-corrected chi connectivity index (χ0v) is 20.9. The van der Waals surface area contributed by atoms with Gasteiger partial charge in [0, 0.05) is 43.7 Å². The minimum atomic E-state index is -0.630. The molecule has 0 unspecified atom stereocenters. The van der Waals surface area contributed by atoms with Gasteiger partial charge >= 0.3 is 0 Å². The number of halogens is 1. The number of amides is 1. The van der Waals surface area contributed by atoms with Crippen LogP contribution in [0.3, 0.4) is 0 Å². The van der Waals surface area contributed by atoms with Gasteiger partial charge in [-0.2, -0.15) is 0 Å². The molecule has 1 amide bonds. The van der Waals surface area contributed by atoms with E-state index in [1.807, 2.05) is 35.2 Å². The van der Waals surface area contributed by atoms with E-state index in [9.17, 15) is 14.3 Å². The van der Waals surface area contributed by atoms with Crippen LogP contribution in [-0.2, 0) is 19.9 Å². The van der Waals surface area contributed by atoms with Crippen LogP contribution in [0.4, 0.5) is 4.39 Å². The quantitative estimate of drug-likeness (QED) is 0.535. The van der Waals surface area contributed by atoms with Crippen molar-refractivity contribution in [2.75, 3.05) is 20.3 Å². The van der Waals surface area contributed by atoms with Crippen LogP contribution in [0.2, 0.25) is 0 Å². The molecule has 0 bridgehead atoms. The van der Waals surface area contributed by atoms with Crippen LogP contribution in [0.1, 0.15) is 50.5 Å². The lowest BCUT2D eigenvalue weighted by atomic mass is 9.66. The van der Waals surface area contributed by atoms with Gasteiger partial charge in [0.1, 0.15) is 17.6 Å². The Kier molecular flexibility index (Phi) is 7.45. The fourth-order valence-corrected chi connectivity index (χ4v) is 6.57. The van der Waals surface area contributed by atoms with E-state index in [1.54, 1.807) is 13.2 Å². The van der Waals surface area contributed by atoms with Gasteiger partial charge in [-0.3, -0.25) is 4.79 Å². The van der Waals surface area contributed by atoms with Crippen LogP contribution < -0.4 is 5.73 Å². The molecule has 2 aromatic rings. The van der Waals surface area contributed by atoms with E-state index in [4.69, 9.17) is 15.2 Å². The minimum absolute atomic E-state index is 0.0343. The highest BCUT2D eigenvalue weighted by molar-refractivity contribution is 5.80. The zero-order chi connectivity index (χ0) is 25.3. The molecule has 2 aliphatic heterocycles. The summed E-state index contributed by atoms with van der Waals surface area (Å²) in [6.45, 7) is 1.32. The van der Waals surface area contributed by atoms with Gasteiger partial charge in [0.05, 0.1) is 6.10 Å². The molecule has 2 heterocycles. The molecule has 5 rings (SSSR count). The molecule has 0 radical (unpaired) electrons. The van der Waals surface area contributed by atoms with Crippen molar-refractivity contribution in [2.24, 2.45) is 17.6 Å². The molecule has 2 saturated heterocycles. The maximum absolute atomic E-state index is 14.9. The van der Waals surface area contributed by atoms with E-state index in [0.29, 0.717) is 31.6 Å². The third-order valence-electron chi connectivity index (χ3n) is 8.40. The summed E-state index contributed by atoms with van der Waals surface area (Å²) < 4.78 is 27.0. The first-order valence-corrected chi connectivity index (χ1v) is 13.2. The summed E-state index contributed by atoms with van der Waals surface area (Å²) in [5.74, 6) is -0.371. The van der Waals surface area contributed by atoms with Crippen LogP contribution >= 0.6 is 0 Å². The van der Waals surface area contributed by atoms with Gasteiger partial charge in [-0.05, 0) is 62.1 Å². The predicted octanol–water partition coefficient (Wildman–Crippen LogP) is 4.20. The number of nitrogens with two attached hydrogens (primary N) is 1. The number of hydrogen-bond donors (Lipinski definition) is 2. The molecule has 3 N–H and O–H groups in total. The van der Waals surface area contributed by atoms with Crippen molar-refractivity contribution in [1.82, 2.24) is 4.90 Å². The van der Waals surface area contributed by atoms with Crippen molar-refractivity contribution in [3.05, 3.63) is 59.9 Å². The number of nitrogens with zero attached hydrogens (tertiary/aromatic N) is 1. The summed E-state index contributed by atoms with van der Waals surface area (Å²) in [5, 5.41) is 10.1. The van der Waals surface area contributed by atoms with E-state index in [-0.39, 0.29) is 35.8 Å². The third kappa shape index (κ3) is 4.47.